The van der Waals surface area contributed by atoms with Crippen molar-refractivity contribution in [2.45, 2.75) is 164 Å². The van der Waals surface area contributed by atoms with E-state index in [2.05, 4.69) is 109 Å². The quantitative estimate of drug-likeness (QED) is 0.0181. The summed E-state index contributed by atoms with van der Waals surface area (Å²) in [5.74, 6) is -25.5. The number of carbonyl (C=O) groups is 24. The van der Waals surface area contributed by atoms with Crippen LogP contribution < -0.4 is 58.5 Å². The van der Waals surface area contributed by atoms with Gasteiger partial charge in [-0.15, -0.1) is 0 Å². The lowest BCUT2D eigenvalue weighted by atomic mass is 9.90. The van der Waals surface area contributed by atoms with E-state index in [1.807, 2.05) is 0 Å². The van der Waals surface area contributed by atoms with Crippen molar-refractivity contribution in [1.82, 2.24) is 58.5 Å². The van der Waals surface area contributed by atoms with Gasteiger partial charge in [-0.1, -0.05) is 164 Å². The van der Waals surface area contributed by atoms with Crippen molar-refractivity contribution in [1.29, 1.82) is 0 Å². The number of hydrogen-bond donors (Lipinski definition) is 24. The SMILES string of the molecule is O=CNCc1ccc(CC(=O)N[C@@H](CC(=O)O)C(=O)C[C@@H](CC(=O)O)C(=O)N[C@@H](CS)C(=O)O)cc1.O=CNCc1ccc(CC(=O)N[C@@H](CC(=O)O)C(=O)C[C@@H](Cc2ccccc2)C(=O)N[C@@H](CS)C(=O)O)cc1.O=CNCc1ccc(CC(=O)N[C@@H](Cc2ccccc2)C(=O)C[C@@H](CC(=O)O)C(=O)N[C@@H](CS)C(=O)O)cc1.O=CN[C@@H](CC(=O)O)C(=O)C[C@@H](Cc1ccccc1)C(=O)N[C@@H](CS)C(=O)O. The van der Waals surface area contributed by atoms with Gasteiger partial charge in [0.2, 0.25) is 67.0 Å². The summed E-state index contributed by atoms with van der Waals surface area (Å²) in [4.78, 5) is 283. The Morgan fingerprint density at radius 1 is 0.232 bits per heavy atom. The van der Waals surface area contributed by atoms with Gasteiger partial charge in [-0.05, 0) is 69.3 Å². The van der Waals surface area contributed by atoms with Gasteiger partial charge in [-0.25, -0.2) is 19.2 Å². The predicted molar refractivity (Wildman–Crippen MR) is 516 cm³/mol. The molecule has 0 spiro atoms. The zero-order chi connectivity index (χ0) is 106. The van der Waals surface area contributed by atoms with Crippen molar-refractivity contribution in [3.63, 3.8) is 0 Å². The second-order valence-corrected chi connectivity index (χ2v) is 33.0. The van der Waals surface area contributed by atoms with Crippen LogP contribution in [0, 0.1) is 23.7 Å². The Morgan fingerprint density at radius 2 is 0.458 bits per heavy atom. The smallest absolute Gasteiger partial charge is 0.327 e. The molecule has 11 amide bonds. The number of rotatable bonds is 64. The van der Waals surface area contributed by atoms with Crippen LogP contribution in [0.3, 0.4) is 0 Å². The molecule has 48 heteroatoms. The molecule has 6 aromatic carbocycles. The number of Topliss-reactive ketones (excluding diaryl/α,β-unsaturated/α-hetero) is 4. The van der Waals surface area contributed by atoms with Crippen molar-refractivity contribution in [3.05, 3.63) is 214 Å². The first-order chi connectivity index (χ1) is 67.5. The number of hydrogen-bond acceptors (Lipinski definition) is 28. The summed E-state index contributed by atoms with van der Waals surface area (Å²) in [6, 6.07) is 36.2. The van der Waals surface area contributed by atoms with Crippen molar-refractivity contribution in [2.75, 3.05) is 23.0 Å². The largest absolute Gasteiger partial charge is 0.481 e. The van der Waals surface area contributed by atoms with Crippen LogP contribution >= 0.6 is 50.5 Å². The molecular formula is C94H111N11O33S4. The first-order valence-electron chi connectivity index (χ1n) is 43.2. The molecule has 0 saturated heterocycles. The van der Waals surface area contributed by atoms with Gasteiger partial charge < -0.3 is 104 Å². The van der Waals surface area contributed by atoms with Gasteiger partial charge in [-0.3, -0.25) is 95.9 Å². The average molecular weight is 2050 g/mol. The van der Waals surface area contributed by atoms with Crippen LogP contribution in [0.1, 0.15) is 108 Å². The van der Waals surface area contributed by atoms with Gasteiger partial charge in [0.1, 0.15) is 24.2 Å². The lowest BCUT2D eigenvalue weighted by Gasteiger charge is -2.22. The number of carboxylic acid groups (broad SMARTS) is 9. The van der Waals surface area contributed by atoms with E-state index in [1.165, 1.54) is 0 Å². The molecule has 6 aromatic rings. The van der Waals surface area contributed by atoms with E-state index in [1.54, 1.807) is 164 Å². The maximum atomic E-state index is 13.3. The number of ketones is 4. The number of nitrogens with one attached hydrogen (secondary N) is 11. The van der Waals surface area contributed by atoms with Crippen molar-refractivity contribution in [3.8, 4) is 0 Å². The van der Waals surface area contributed by atoms with Crippen molar-refractivity contribution >= 4 is 194 Å². The Kier molecular flexibility index (Phi) is 56.5. The van der Waals surface area contributed by atoms with E-state index in [0.29, 0.717) is 54.6 Å². The molecule has 0 aliphatic heterocycles. The van der Waals surface area contributed by atoms with E-state index < -0.39 is 242 Å². The molecule has 0 bridgehead atoms. The minimum Gasteiger partial charge on any atom is -0.481 e. The Hall–Kier alpha value is -15.2. The predicted octanol–water partition coefficient (Wildman–Crippen LogP) is 0.381. The summed E-state index contributed by atoms with van der Waals surface area (Å²) in [6.07, 6.45) is -3.80. The minimum atomic E-state index is -1.55. The Labute approximate surface area is 834 Å². The number of aliphatic carboxylic acids is 9. The minimum absolute atomic E-state index is 0.0404. The van der Waals surface area contributed by atoms with Crippen LogP contribution in [-0.2, 0) is 173 Å². The number of benzene rings is 6. The number of amides is 11. The van der Waals surface area contributed by atoms with Crippen molar-refractivity contribution in [2.24, 2.45) is 23.7 Å². The third-order valence-corrected chi connectivity index (χ3v) is 22.0. The maximum Gasteiger partial charge on any atom is 0.327 e. The first kappa shape index (κ1) is 121. The molecule has 0 heterocycles. The molecule has 20 N–H and O–H groups in total. The van der Waals surface area contributed by atoms with Gasteiger partial charge in [0.15, 0.2) is 23.1 Å². The van der Waals surface area contributed by atoms with E-state index in [4.69, 9.17) is 25.5 Å². The summed E-state index contributed by atoms with van der Waals surface area (Å²) >= 11 is 15.5. The second kappa shape index (κ2) is 66.4. The first-order valence-corrected chi connectivity index (χ1v) is 45.7. The fraction of sp³-hybridized carbons (Fsp3) is 0.362. The zero-order valence-electron chi connectivity index (χ0n) is 76.0. The zero-order valence-corrected chi connectivity index (χ0v) is 79.6. The van der Waals surface area contributed by atoms with Gasteiger partial charge in [0, 0.05) is 80.2 Å². The van der Waals surface area contributed by atoms with Crippen molar-refractivity contribution < 1.29 is 161 Å². The summed E-state index contributed by atoms with van der Waals surface area (Å²) in [6.45, 7) is 0.956. The highest BCUT2D eigenvalue weighted by Gasteiger charge is 2.37. The highest BCUT2D eigenvalue weighted by molar-refractivity contribution is 7.80. The Bertz CT molecular complexity index is 5290. The fourth-order valence-corrected chi connectivity index (χ4v) is 14.2. The molecule has 6 rings (SSSR count). The third kappa shape index (κ3) is 48.9. The summed E-state index contributed by atoms with van der Waals surface area (Å²) in [5.41, 5.74) is 6.45. The van der Waals surface area contributed by atoms with Crippen LogP contribution in [0.15, 0.2) is 164 Å². The van der Waals surface area contributed by atoms with Crippen LogP contribution in [-0.4, -0.2) is 261 Å². The van der Waals surface area contributed by atoms with Crippen LogP contribution in [0.5, 0.6) is 0 Å². The van der Waals surface area contributed by atoms with Crippen LogP contribution in [0.25, 0.3) is 0 Å². The lowest BCUT2D eigenvalue weighted by Crippen LogP contribution is -2.47. The Balaban J connectivity index is 0.000000490. The van der Waals surface area contributed by atoms with Gasteiger partial charge in [-0.2, -0.15) is 50.5 Å². The average Bonchev–Trinajstić information content (AvgIpc) is 0.858. The third-order valence-electron chi connectivity index (χ3n) is 20.5. The van der Waals surface area contributed by atoms with Crippen LogP contribution in [0.4, 0.5) is 0 Å². The molecule has 0 aliphatic rings. The molecule has 0 aliphatic carbocycles. The molecule has 764 valence electrons. The normalized spacial score (nSPS) is 13.0. The molecule has 44 nitrogen and oxygen atoms in total. The monoisotopic (exact) mass is 2050 g/mol. The summed E-state index contributed by atoms with van der Waals surface area (Å²) in [7, 11) is 0. The molecular weight excluding hydrogens is 1940 g/mol. The standard InChI is InChI=1S/2C27H31N3O8S.C22H27N3O10S.C18H22N2O7S/c31-16-28-14-19-8-6-18(7-9-19)11-24(33)29-21(10-17-4-2-1-3-5-17)23(32)12-20(13-25(34)35)26(36)30-22(15-39)27(37)38;31-16-28-14-19-8-6-18(7-9-19)11-24(33)29-21(13-25(34)35)23(32)12-20(10-17-4-2-1-3-5-17)26(36)30-22(15-39)27(37)38;26-11-23-9-13-3-1-12(2-4-13)5-18(28)24-15(8-20(31)32)17(27)6-14(7-19(29)30)21(33)25-16(10-36)22(34)35;21-10-19-13(8-16(23)24)15(22)7-12(6-11-4-2-1-3-5-11)17(25)20-14(9-28)18(26)27/h2*1-9,16,20-22,39H,10-15H2,(H,28,31)(H,29,33)(H,30,36)(H,34,35)(H,37,38);1-4,11,14-16,36H,5-10H2,(H,23,26)(H,24,28)(H,25,33)(H,29,30)(H,31,32)(H,34,35);1-5,10,12-14,28H,6-9H2,(H,19,21)(H,20,25)(H,23,24)(H,26,27)/t20-,21-,22-;20-,21+,22+;14-,15-,16-;12-,13+,14+/m0101/s1. The topological polar surface area (TPSA) is 724 Å². The van der Waals surface area contributed by atoms with E-state index in [0.717, 1.165) is 27.8 Å². The maximum absolute atomic E-state index is 13.3. The molecule has 0 unspecified atom stereocenters. The molecule has 0 fully saturated rings. The summed E-state index contributed by atoms with van der Waals surface area (Å²) < 4.78 is 0. The number of carboxylic acids is 9. The van der Waals surface area contributed by atoms with Gasteiger partial charge in [0.25, 0.3) is 0 Å². The van der Waals surface area contributed by atoms with Crippen LogP contribution in [0.2, 0.25) is 0 Å². The Morgan fingerprint density at radius 3 is 0.704 bits per heavy atom. The molecule has 0 saturated carbocycles. The number of carbonyl (C=O) groups excluding carboxylic acids is 15. The van der Waals surface area contributed by atoms with E-state index in [-0.39, 0.29) is 80.9 Å². The highest BCUT2D eigenvalue weighted by atomic mass is 32.1. The molecule has 0 aromatic heterocycles. The van der Waals surface area contributed by atoms with E-state index in [9.17, 15) is 135 Å². The fourth-order valence-electron chi connectivity index (χ4n) is 13.2. The number of thiol groups is 4. The second-order valence-electron chi connectivity index (χ2n) is 31.5. The highest BCUT2D eigenvalue weighted by Crippen LogP contribution is 2.22. The molecule has 0 radical (unpaired) electrons. The molecule has 142 heavy (non-hydrogen) atoms. The van der Waals surface area contributed by atoms with Gasteiger partial charge >= 0.3 is 53.7 Å². The van der Waals surface area contributed by atoms with Gasteiger partial charge in [0.05, 0.1) is 87.4 Å². The molecule has 12 atom stereocenters. The van der Waals surface area contributed by atoms with E-state index >= 15 is 0 Å². The lowest BCUT2D eigenvalue weighted by molar-refractivity contribution is -0.145. The summed E-state index contributed by atoms with van der Waals surface area (Å²) in [5, 5.41) is 109.